The van der Waals surface area contributed by atoms with E-state index in [2.05, 4.69) is 92.6 Å². The zero-order valence-corrected chi connectivity index (χ0v) is 15.9. The van der Waals surface area contributed by atoms with Gasteiger partial charge in [0.05, 0.1) is 5.39 Å². The summed E-state index contributed by atoms with van der Waals surface area (Å²) in [7, 11) is 0. The van der Waals surface area contributed by atoms with E-state index in [4.69, 9.17) is 0 Å². The van der Waals surface area contributed by atoms with Gasteiger partial charge in [0, 0.05) is 20.2 Å². The molecule has 24 heavy (non-hydrogen) atoms. The zero-order valence-electron chi connectivity index (χ0n) is 13.0. The summed E-state index contributed by atoms with van der Waals surface area (Å²) >= 11 is 3.98. The number of hydrogen-bond donors (Lipinski definition) is 1. The lowest BCUT2D eigenvalue weighted by Gasteiger charge is -2.11. The summed E-state index contributed by atoms with van der Waals surface area (Å²) in [6.07, 6.45) is 1.62. The number of benzene rings is 2. The van der Waals surface area contributed by atoms with Crippen LogP contribution in [0.1, 0.15) is 5.56 Å². The van der Waals surface area contributed by atoms with Crippen LogP contribution in [0.3, 0.4) is 0 Å². The minimum atomic E-state index is 0.851. The van der Waals surface area contributed by atoms with E-state index >= 15 is 0 Å². The Labute approximate surface area is 157 Å². The first kappa shape index (κ1) is 15.5. The highest BCUT2D eigenvalue weighted by molar-refractivity contribution is 14.1. The molecule has 0 aliphatic carbocycles. The summed E-state index contributed by atoms with van der Waals surface area (Å²) in [5.74, 6) is 0.851. The number of anilines is 2. The molecule has 0 bridgehead atoms. The molecule has 2 aromatic carbocycles. The van der Waals surface area contributed by atoms with E-state index in [1.807, 2.05) is 6.07 Å². The first-order chi connectivity index (χ1) is 11.7. The molecule has 0 unspecified atom stereocenters. The van der Waals surface area contributed by atoms with Crippen LogP contribution in [0.15, 0.2) is 60.2 Å². The van der Waals surface area contributed by atoms with Crippen molar-refractivity contribution < 1.29 is 0 Å². The number of fused-ring (bicyclic) bond motifs is 1. The summed E-state index contributed by atoms with van der Waals surface area (Å²) in [5, 5.41) is 6.72. The summed E-state index contributed by atoms with van der Waals surface area (Å²) in [5.41, 5.74) is 4.62. The lowest BCUT2D eigenvalue weighted by atomic mass is 10.1. The van der Waals surface area contributed by atoms with Gasteiger partial charge in [-0.05, 0) is 58.8 Å². The molecule has 5 heteroatoms. The fourth-order valence-electron chi connectivity index (χ4n) is 2.69. The van der Waals surface area contributed by atoms with Crippen molar-refractivity contribution in [3.05, 3.63) is 69.4 Å². The Morgan fingerprint density at radius 1 is 1.04 bits per heavy atom. The summed E-state index contributed by atoms with van der Waals surface area (Å²) in [4.78, 5) is 9.93. The van der Waals surface area contributed by atoms with Crippen molar-refractivity contribution in [2.45, 2.75) is 6.92 Å². The molecule has 4 aromatic rings. The molecule has 3 nitrogen and oxygen atoms in total. The van der Waals surface area contributed by atoms with Crippen LogP contribution < -0.4 is 5.32 Å². The number of hydrogen-bond acceptors (Lipinski definition) is 4. The SMILES string of the molecule is Cc1cc(I)ccc1Nc1ncnc2scc(-c3ccccc3)c12. The molecule has 2 heterocycles. The van der Waals surface area contributed by atoms with Gasteiger partial charge in [-0.15, -0.1) is 11.3 Å². The molecular weight excluding hydrogens is 429 g/mol. The Balaban J connectivity index is 1.85. The Kier molecular flexibility index (Phi) is 4.20. The van der Waals surface area contributed by atoms with Gasteiger partial charge in [0.25, 0.3) is 0 Å². The van der Waals surface area contributed by atoms with Gasteiger partial charge in [0.15, 0.2) is 0 Å². The van der Waals surface area contributed by atoms with E-state index in [0.29, 0.717) is 0 Å². The van der Waals surface area contributed by atoms with Crippen LogP contribution in [0.5, 0.6) is 0 Å². The van der Waals surface area contributed by atoms with Crippen molar-refractivity contribution in [3.63, 3.8) is 0 Å². The molecule has 118 valence electrons. The fraction of sp³-hybridized carbons (Fsp3) is 0.0526. The molecular formula is C19H14IN3S. The van der Waals surface area contributed by atoms with Crippen LogP contribution in [-0.2, 0) is 0 Å². The van der Waals surface area contributed by atoms with Gasteiger partial charge in [-0.25, -0.2) is 9.97 Å². The maximum atomic E-state index is 4.51. The van der Waals surface area contributed by atoms with Crippen LogP contribution >= 0.6 is 33.9 Å². The normalized spacial score (nSPS) is 10.9. The van der Waals surface area contributed by atoms with Crippen molar-refractivity contribution in [2.24, 2.45) is 0 Å². The first-order valence-corrected chi connectivity index (χ1v) is 9.49. The van der Waals surface area contributed by atoms with Gasteiger partial charge in [0.2, 0.25) is 0 Å². The number of aryl methyl sites for hydroxylation is 1. The molecule has 0 radical (unpaired) electrons. The molecule has 0 amide bonds. The highest BCUT2D eigenvalue weighted by Gasteiger charge is 2.13. The maximum Gasteiger partial charge on any atom is 0.143 e. The average Bonchev–Trinajstić information content (AvgIpc) is 3.03. The second-order valence-electron chi connectivity index (χ2n) is 5.50. The van der Waals surface area contributed by atoms with Crippen molar-refractivity contribution in [3.8, 4) is 11.1 Å². The highest BCUT2D eigenvalue weighted by Crippen LogP contribution is 2.37. The van der Waals surface area contributed by atoms with Gasteiger partial charge in [0.1, 0.15) is 17.0 Å². The molecule has 0 atom stereocenters. The third-order valence-electron chi connectivity index (χ3n) is 3.90. The monoisotopic (exact) mass is 443 g/mol. The molecule has 1 N–H and O–H groups in total. The Bertz CT molecular complexity index is 1010. The minimum absolute atomic E-state index is 0.851. The van der Waals surface area contributed by atoms with E-state index in [1.54, 1.807) is 17.7 Å². The number of rotatable bonds is 3. The first-order valence-electron chi connectivity index (χ1n) is 7.53. The number of aromatic nitrogens is 2. The van der Waals surface area contributed by atoms with Crippen molar-refractivity contribution in [1.82, 2.24) is 9.97 Å². The third-order valence-corrected chi connectivity index (χ3v) is 5.45. The van der Waals surface area contributed by atoms with E-state index in [0.717, 1.165) is 21.7 Å². The molecule has 4 rings (SSSR count). The molecule has 0 aliphatic heterocycles. The molecule has 2 aromatic heterocycles. The van der Waals surface area contributed by atoms with Gasteiger partial charge < -0.3 is 5.32 Å². The van der Waals surface area contributed by atoms with Crippen molar-refractivity contribution >= 4 is 55.6 Å². The average molecular weight is 443 g/mol. The van der Waals surface area contributed by atoms with E-state index < -0.39 is 0 Å². The third kappa shape index (κ3) is 2.89. The lowest BCUT2D eigenvalue weighted by molar-refractivity contribution is 1.23. The molecule has 0 spiro atoms. The number of nitrogens with one attached hydrogen (secondary N) is 1. The second-order valence-corrected chi connectivity index (χ2v) is 7.61. The number of thiophene rings is 1. The quantitative estimate of drug-likeness (QED) is 0.394. The molecule has 0 fully saturated rings. The van der Waals surface area contributed by atoms with Crippen LogP contribution in [-0.4, -0.2) is 9.97 Å². The molecule has 0 aliphatic rings. The Morgan fingerprint density at radius 3 is 2.67 bits per heavy atom. The van der Waals surface area contributed by atoms with E-state index in [-0.39, 0.29) is 0 Å². The van der Waals surface area contributed by atoms with Crippen LogP contribution in [0.4, 0.5) is 11.5 Å². The Hall–Kier alpha value is -1.99. The lowest BCUT2D eigenvalue weighted by Crippen LogP contribution is -1.97. The van der Waals surface area contributed by atoms with Crippen LogP contribution in [0, 0.1) is 10.5 Å². The second kappa shape index (κ2) is 6.49. The molecule has 0 saturated carbocycles. The molecule has 0 saturated heterocycles. The Morgan fingerprint density at radius 2 is 1.88 bits per heavy atom. The predicted octanol–water partition coefficient (Wildman–Crippen LogP) is 6.01. The standard InChI is InChI=1S/C19H14IN3S/c1-12-9-14(20)7-8-16(12)23-18-17-15(13-5-3-2-4-6-13)10-24-19(17)22-11-21-18/h2-11H,1H3,(H,21,22,23). The maximum absolute atomic E-state index is 4.51. The van der Waals surface area contributed by atoms with Crippen LogP contribution in [0.25, 0.3) is 21.3 Å². The largest absolute Gasteiger partial charge is 0.339 e. The van der Waals surface area contributed by atoms with Crippen molar-refractivity contribution in [2.75, 3.05) is 5.32 Å². The summed E-state index contributed by atoms with van der Waals surface area (Å²) in [6.45, 7) is 2.11. The summed E-state index contributed by atoms with van der Waals surface area (Å²) in [6, 6.07) is 16.7. The fourth-order valence-corrected chi connectivity index (χ4v) is 4.26. The minimum Gasteiger partial charge on any atom is -0.339 e. The number of halogens is 1. The van der Waals surface area contributed by atoms with E-state index in [9.17, 15) is 0 Å². The number of nitrogens with zero attached hydrogens (tertiary/aromatic N) is 2. The van der Waals surface area contributed by atoms with Gasteiger partial charge >= 0.3 is 0 Å². The van der Waals surface area contributed by atoms with Gasteiger partial charge in [-0.3, -0.25) is 0 Å². The summed E-state index contributed by atoms with van der Waals surface area (Å²) < 4.78 is 1.23. The van der Waals surface area contributed by atoms with Crippen molar-refractivity contribution in [1.29, 1.82) is 0 Å². The van der Waals surface area contributed by atoms with E-state index in [1.165, 1.54) is 20.3 Å². The zero-order chi connectivity index (χ0) is 16.5. The predicted molar refractivity (Wildman–Crippen MR) is 110 cm³/mol. The smallest absolute Gasteiger partial charge is 0.143 e. The van der Waals surface area contributed by atoms with Gasteiger partial charge in [-0.2, -0.15) is 0 Å². The van der Waals surface area contributed by atoms with Crippen LogP contribution in [0.2, 0.25) is 0 Å². The highest BCUT2D eigenvalue weighted by atomic mass is 127. The topological polar surface area (TPSA) is 37.8 Å². The van der Waals surface area contributed by atoms with Gasteiger partial charge in [-0.1, -0.05) is 30.3 Å².